The summed E-state index contributed by atoms with van der Waals surface area (Å²) in [4.78, 5) is 0. The number of hydrogen-bond acceptors (Lipinski definition) is 2. The molecule has 3 heteroatoms. The van der Waals surface area contributed by atoms with Crippen LogP contribution in [0.2, 0.25) is 0 Å². The first kappa shape index (κ1) is 11.6. The number of benzene rings is 1. The van der Waals surface area contributed by atoms with E-state index in [-0.39, 0.29) is 0 Å². The average molecular weight is 232 g/mol. The Balaban J connectivity index is 0.000000561. The molecule has 1 aromatic rings. The summed E-state index contributed by atoms with van der Waals surface area (Å²) >= 11 is 3.34. The van der Waals surface area contributed by atoms with Gasteiger partial charge >= 0.3 is 0 Å². The Hall–Kier alpha value is -0.380. The third kappa shape index (κ3) is 3.34. The van der Waals surface area contributed by atoms with Gasteiger partial charge in [-0.15, -0.1) is 0 Å². The van der Waals surface area contributed by atoms with Gasteiger partial charge in [0.25, 0.3) is 0 Å². The van der Waals surface area contributed by atoms with Crippen LogP contribution in [0, 0.1) is 0 Å². The summed E-state index contributed by atoms with van der Waals surface area (Å²) in [6, 6.07) is 7.65. The van der Waals surface area contributed by atoms with E-state index in [4.69, 9.17) is 0 Å². The van der Waals surface area contributed by atoms with Crippen LogP contribution in [0.1, 0.15) is 18.6 Å². The average Bonchev–Trinajstić information content (AvgIpc) is 2.08. The molecule has 1 aromatic carbocycles. The summed E-state index contributed by atoms with van der Waals surface area (Å²) in [5, 5.41) is 9.17. The fourth-order valence-corrected chi connectivity index (χ4v) is 1.43. The van der Waals surface area contributed by atoms with E-state index >= 15 is 0 Å². The van der Waals surface area contributed by atoms with Crippen LogP contribution < -0.4 is 5.73 Å². The highest BCUT2D eigenvalue weighted by Gasteiger charge is 2.02. The molecule has 0 spiro atoms. The zero-order valence-corrected chi connectivity index (χ0v) is 8.88. The molecule has 0 saturated carbocycles. The number of nitrogens with two attached hydrogens (primary N) is 1. The predicted molar refractivity (Wildman–Crippen MR) is 54.9 cm³/mol. The second-order valence-electron chi connectivity index (χ2n) is 2.20. The summed E-state index contributed by atoms with van der Waals surface area (Å²) in [6.45, 7) is 1.75. The first-order valence-electron chi connectivity index (χ1n) is 3.72. The molecule has 0 aliphatic rings. The number of aliphatic hydroxyl groups is 1. The standard InChI is InChI=1S/C8H9BrO.CH5N/c1-6(10)7-4-2-3-5-8(7)9;1-2/h2-6,10H,1H3;2H2,1H3. The SMILES string of the molecule is CC(O)c1ccccc1Br.CN. The third-order valence-electron chi connectivity index (χ3n) is 1.36. The van der Waals surface area contributed by atoms with Gasteiger partial charge < -0.3 is 10.8 Å². The minimum atomic E-state index is -0.393. The van der Waals surface area contributed by atoms with Crippen molar-refractivity contribution in [2.45, 2.75) is 13.0 Å². The molecule has 0 aliphatic heterocycles. The summed E-state index contributed by atoms with van der Waals surface area (Å²) < 4.78 is 0.963. The molecule has 2 nitrogen and oxygen atoms in total. The van der Waals surface area contributed by atoms with Crippen molar-refractivity contribution in [2.24, 2.45) is 5.73 Å². The molecule has 1 atom stereocenters. The van der Waals surface area contributed by atoms with Crippen LogP contribution in [0.25, 0.3) is 0 Å². The van der Waals surface area contributed by atoms with Crippen molar-refractivity contribution >= 4 is 15.9 Å². The molecule has 1 unspecified atom stereocenters. The van der Waals surface area contributed by atoms with E-state index in [1.165, 1.54) is 7.05 Å². The molecular formula is C9H14BrNO. The molecule has 0 fully saturated rings. The van der Waals surface area contributed by atoms with Crippen LogP contribution in [-0.4, -0.2) is 12.2 Å². The van der Waals surface area contributed by atoms with Crippen molar-refractivity contribution < 1.29 is 5.11 Å². The highest BCUT2D eigenvalue weighted by atomic mass is 79.9. The Labute approximate surface area is 81.5 Å². The maximum Gasteiger partial charge on any atom is 0.0772 e. The Bertz CT molecular complexity index is 226. The maximum atomic E-state index is 9.17. The lowest BCUT2D eigenvalue weighted by molar-refractivity contribution is 0.198. The minimum Gasteiger partial charge on any atom is -0.389 e. The predicted octanol–water partition coefficient (Wildman–Crippen LogP) is 2.08. The van der Waals surface area contributed by atoms with E-state index in [0.29, 0.717) is 0 Å². The molecule has 68 valence electrons. The molecule has 0 saturated heterocycles. The van der Waals surface area contributed by atoms with E-state index in [1.54, 1.807) is 6.92 Å². The van der Waals surface area contributed by atoms with Crippen LogP contribution in [0.4, 0.5) is 0 Å². The fraction of sp³-hybridized carbons (Fsp3) is 0.333. The number of hydrogen-bond donors (Lipinski definition) is 2. The van der Waals surface area contributed by atoms with Crippen LogP contribution >= 0.6 is 15.9 Å². The molecule has 0 aromatic heterocycles. The van der Waals surface area contributed by atoms with Gasteiger partial charge in [-0.1, -0.05) is 34.1 Å². The Kier molecular flexibility index (Phi) is 5.98. The maximum absolute atomic E-state index is 9.17. The van der Waals surface area contributed by atoms with Crippen molar-refractivity contribution in [3.63, 3.8) is 0 Å². The molecule has 0 amide bonds. The van der Waals surface area contributed by atoms with Gasteiger partial charge in [-0.3, -0.25) is 0 Å². The van der Waals surface area contributed by atoms with Gasteiger partial charge in [0.2, 0.25) is 0 Å². The zero-order valence-electron chi connectivity index (χ0n) is 7.29. The Morgan fingerprint density at radius 2 is 1.83 bits per heavy atom. The van der Waals surface area contributed by atoms with E-state index in [0.717, 1.165) is 10.0 Å². The van der Waals surface area contributed by atoms with Gasteiger partial charge in [0.15, 0.2) is 0 Å². The molecule has 12 heavy (non-hydrogen) atoms. The third-order valence-corrected chi connectivity index (χ3v) is 2.08. The monoisotopic (exact) mass is 231 g/mol. The summed E-state index contributed by atoms with van der Waals surface area (Å²) in [5.41, 5.74) is 5.43. The van der Waals surface area contributed by atoms with Crippen LogP contribution in [0.15, 0.2) is 28.7 Å². The van der Waals surface area contributed by atoms with Gasteiger partial charge in [0, 0.05) is 4.47 Å². The molecule has 0 aliphatic carbocycles. The van der Waals surface area contributed by atoms with Crippen molar-refractivity contribution in [1.29, 1.82) is 0 Å². The largest absolute Gasteiger partial charge is 0.389 e. The topological polar surface area (TPSA) is 46.2 Å². The number of rotatable bonds is 1. The zero-order chi connectivity index (χ0) is 9.56. The normalized spacial score (nSPS) is 11.4. The highest BCUT2D eigenvalue weighted by Crippen LogP contribution is 2.21. The van der Waals surface area contributed by atoms with E-state index < -0.39 is 6.10 Å². The van der Waals surface area contributed by atoms with E-state index in [2.05, 4.69) is 21.7 Å². The molecule has 3 N–H and O–H groups in total. The first-order valence-corrected chi connectivity index (χ1v) is 4.51. The summed E-state index contributed by atoms with van der Waals surface area (Å²) in [6.07, 6.45) is -0.393. The second-order valence-corrected chi connectivity index (χ2v) is 3.05. The molecular weight excluding hydrogens is 218 g/mol. The summed E-state index contributed by atoms with van der Waals surface area (Å²) in [7, 11) is 1.50. The number of halogens is 1. The van der Waals surface area contributed by atoms with Crippen LogP contribution in [0.5, 0.6) is 0 Å². The van der Waals surface area contributed by atoms with Crippen molar-refractivity contribution in [1.82, 2.24) is 0 Å². The molecule has 0 radical (unpaired) electrons. The van der Waals surface area contributed by atoms with Crippen molar-refractivity contribution in [2.75, 3.05) is 7.05 Å². The minimum absolute atomic E-state index is 0.393. The van der Waals surface area contributed by atoms with Gasteiger partial charge in [0.05, 0.1) is 6.10 Å². The fourth-order valence-electron chi connectivity index (χ4n) is 0.814. The summed E-state index contributed by atoms with van der Waals surface area (Å²) in [5.74, 6) is 0. The quantitative estimate of drug-likeness (QED) is 0.778. The Morgan fingerprint density at radius 3 is 2.17 bits per heavy atom. The smallest absolute Gasteiger partial charge is 0.0772 e. The highest BCUT2D eigenvalue weighted by molar-refractivity contribution is 9.10. The van der Waals surface area contributed by atoms with E-state index in [1.807, 2.05) is 24.3 Å². The van der Waals surface area contributed by atoms with Crippen molar-refractivity contribution in [3.05, 3.63) is 34.3 Å². The van der Waals surface area contributed by atoms with E-state index in [9.17, 15) is 5.11 Å². The van der Waals surface area contributed by atoms with Gasteiger partial charge in [-0.2, -0.15) is 0 Å². The van der Waals surface area contributed by atoms with Gasteiger partial charge in [-0.05, 0) is 25.6 Å². The van der Waals surface area contributed by atoms with Gasteiger partial charge in [0.1, 0.15) is 0 Å². The number of aliphatic hydroxyl groups excluding tert-OH is 1. The van der Waals surface area contributed by atoms with Crippen molar-refractivity contribution in [3.8, 4) is 0 Å². The lowest BCUT2D eigenvalue weighted by Crippen LogP contribution is -1.90. The lowest BCUT2D eigenvalue weighted by atomic mass is 10.1. The second kappa shape index (κ2) is 6.17. The van der Waals surface area contributed by atoms with Gasteiger partial charge in [-0.25, -0.2) is 0 Å². The molecule has 0 heterocycles. The van der Waals surface area contributed by atoms with Crippen LogP contribution in [0.3, 0.4) is 0 Å². The first-order chi connectivity index (χ1) is 5.72. The Morgan fingerprint density at radius 1 is 1.33 bits per heavy atom. The van der Waals surface area contributed by atoms with Crippen LogP contribution in [-0.2, 0) is 0 Å². The molecule has 0 bridgehead atoms. The molecule has 1 rings (SSSR count). The lowest BCUT2D eigenvalue weighted by Gasteiger charge is -2.05.